The molecule has 0 bridgehead atoms. The Kier molecular flexibility index (Phi) is 12.7. The maximum atomic E-state index is 5.65. The molecule has 0 saturated carbocycles. The van der Waals surface area contributed by atoms with Crippen LogP contribution in [0.4, 0.5) is 0 Å². The molecule has 6 heteroatoms. The van der Waals surface area contributed by atoms with Crippen molar-refractivity contribution in [1.82, 2.24) is 15.5 Å². The number of guanidine groups is 1. The number of likely N-dealkylation sites (N-methyl/N-ethyl adjacent to an activating group) is 1. The van der Waals surface area contributed by atoms with Crippen molar-refractivity contribution in [3.63, 3.8) is 0 Å². The average molecular weight is 448 g/mol. The number of hydrogen-bond acceptors (Lipinski definition) is 3. The number of ether oxygens (including phenoxy) is 1. The number of para-hydroxylation sites is 1. The van der Waals surface area contributed by atoms with E-state index in [0.717, 1.165) is 36.9 Å². The minimum atomic E-state index is 0. The van der Waals surface area contributed by atoms with Gasteiger partial charge in [0, 0.05) is 31.2 Å². The van der Waals surface area contributed by atoms with E-state index in [9.17, 15) is 0 Å². The summed E-state index contributed by atoms with van der Waals surface area (Å²) in [5, 5.41) is 6.67. The van der Waals surface area contributed by atoms with E-state index in [0.29, 0.717) is 19.2 Å². The highest BCUT2D eigenvalue weighted by atomic mass is 127. The first-order valence-corrected chi connectivity index (χ1v) is 8.51. The quantitative estimate of drug-likeness (QED) is 0.346. The maximum absolute atomic E-state index is 5.65. The Morgan fingerprint density at radius 1 is 1.21 bits per heavy atom. The summed E-state index contributed by atoms with van der Waals surface area (Å²) in [7, 11) is 2.13. The van der Waals surface area contributed by atoms with Crippen LogP contribution >= 0.6 is 24.0 Å². The van der Waals surface area contributed by atoms with Crippen molar-refractivity contribution in [1.29, 1.82) is 0 Å². The third-order valence-corrected chi connectivity index (χ3v) is 3.66. The van der Waals surface area contributed by atoms with Crippen LogP contribution in [0.2, 0.25) is 0 Å². The summed E-state index contributed by atoms with van der Waals surface area (Å²) in [5.41, 5.74) is 1.10. The highest BCUT2D eigenvalue weighted by Gasteiger charge is 2.05. The molecule has 1 aromatic rings. The summed E-state index contributed by atoms with van der Waals surface area (Å²) in [6.45, 7) is 12.4. The lowest BCUT2D eigenvalue weighted by atomic mass is 10.2. The van der Waals surface area contributed by atoms with Gasteiger partial charge in [-0.1, -0.05) is 18.2 Å². The Hall–Kier alpha value is -1.02. The summed E-state index contributed by atoms with van der Waals surface area (Å²) in [4.78, 5) is 6.97. The standard InChI is InChI=1S/C18H32N4O.HI/c1-6-19-18(20-12-13-22(5)15(3)4)21-14-16-10-8-9-11-17(16)23-7-2;/h8-11,15H,6-7,12-14H2,1-5H3,(H2,19,20,21);1H. The molecule has 0 aliphatic carbocycles. The normalized spacial score (nSPS) is 11.4. The smallest absolute Gasteiger partial charge is 0.191 e. The second-order valence-electron chi connectivity index (χ2n) is 5.74. The number of benzene rings is 1. The van der Waals surface area contributed by atoms with Crippen LogP contribution in [-0.4, -0.2) is 50.2 Å². The number of hydrogen-bond donors (Lipinski definition) is 2. The van der Waals surface area contributed by atoms with E-state index in [-0.39, 0.29) is 24.0 Å². The van der Waals surface area contributed by atoms with Gasteiger partial charge in [-0.25, -0.2) is 4.99 Å². The van der Waals surface area contributed by atoms with Crippen molar-refractivity contribution in [2.24, 2.45) is 4.99 Å². The van der Waals surface area contributed by atoms with Gasteiger partial charge in [-0.3, -0.25) is 0 Å². The van der Waals surface area contributed by atoms with Crippen LogP contribution in [-0.2, 0) is 6.54 Å². The summed E-state index contributed by atoms with van der Waals surface area (Å²) in [6, 6.07) is 8.61. The molecule has 0 aliphatic heterocycles. The van der Waals surface area contributed by atoms with Gasteiger partial charge in [0.05, 0.1) is 13.2 Å². The second-order valence-corrected chi connectivity index (χ2v) is 5.74. The van der Waals surface area contributed by atoms with E-state index >= 15 is 0 Å². The monoisotopic (exact) mass is 448 g/mol. The molecule has 0 radical (unpaired) electrons. The maximum Gasteiger partial charge on any atom is 0.191 e. The molecular weight excluding hydrogens is 415 g/mol. The van der Waals surface area contributed by atoms with Gasteiger partial charge in [-0.05, 0) is 40.8 Å². The lowest BCUT2D eigenvalue weighted by Crippen LogP contribution is -2.42. The minimum absolute atomic E-state index is 0. The summed E-state index contributed by atoms with van der Waals surface area (Å²) >= 11 is 0. The average Bonchev–Trinajstić information content (AvgIpc) is 2.53. The first-order valence-electron chi connectivity index (χ1n) is 8.51. The Morgan fingerprint density at radius 2 is 1.92 bits per heavy atom. The zero-order valence-corrected chi connectivity index (χ0v) is 18.0. The van der Waals surface area contributed by atoms with Crippen LogP contribution in [0.1, 0.15) is 33.3 Å². The number of nitrogens with one attached hydrogen (secondary N) is 2. The second kappa shape index (κ2) is 13.3. The lowest BCUT2D eigenvalue weighted by molar-refractivity contribution is 0.278. The van der Waals surface area contributed by atoms with Crippen LogP contribution in [0.25, 0.3) is 0 Å². The zero-order chi connectivity index (χ0) is 17.1. The molecule has 0 heterocycles. The SMILES string of the molecule is CCNC(=NCc1ccccc1OCC)NCCN(C)C(C)C.I. The summed E-state index contributed by atoms with van der Waals surface area (Å²) in [6.07, 6.45) is 0. The number of nitrogens with zero attached hydrogens (tertiary/aromatic N) is 2. The number of aliphatic imine (C=N–C) groups is 1. The molecule has 1 rings (SSSR count). The van der Waals surface area contributed by atoms with E-state index < -0.39 is 0 Å². The largest absolute Gasteiger partial charge is 0.494 e. The molecule has 0 amide bonds. The fraction of sp³-hybridized carbons (Fsp3) is 0.611. The molecule has 0 fully saturated rings. The van der Waals surface area contributed by atoms with Crippen molar-refractivity contribution in [3.8, 4) is 5.75 Å². The van der Waals surface area contributed by atoms with Crippen molar-refractivity contribution in [2.75, 3.05) is 33.3 Å². The molecule has 138 valence electrons. The van der Waals surface area contributed by atoms with Gasteiger partial charge in [-0.2, -0.15) is 0 Å². The predicted octanol–water partition coefficient (Wildman–Crippen LogP) is 3.10. The van der Waals surface area contributed by atoms with Gasteiger partial charge in [0.15, 0.2) is 5.96 Å². The number of halogens is 1. The van der Waals surface area contributed by atoms with E-state index in [1.54, 1.807) is 0 Å². The van der Waals surface area contributed by atoms with Crippen LogP contribution in [0.15, 0.2) is 29.3 Å². The minimum Gasteiger partial charge on any atom is -0.494 e. The van der Waals surface area contributed by atoms with E-state index in [4.69, 9.17) is 4.74 Å². The van der Waals surface area contributed by atoms with Gasteiger partial charge in [0.2, 0.25) is 0 Å². The van der Waals surface area contributed by atoms with Crippen LogP contribution < -0.4 is 15.4 Å². The van der Waals surface area contributed by atoms with Crippen molar-refractivity contribution >= 4 is 29.9 Å². The lowest BCUT2D eigenvalue weighted by Gasteiger charge is -2.21. The van der Waals surface area contributed by atoms with Crippen LogP contribution in [0.5, 0.6) is 5.75 Å². The Bertz CT molecular complexity index is 480. The van der Waals surface area contributed by atoms with E-state index in [2.05, 4.69) is 54.4 Å². The van der Waals surface area contributed by atoms with Crippen LogP contribution in [0, 0.1) is 0 Å². The van der Waals surface area contributed by atoms with Crippen molar-refractivity contribution in [3.05, 3.63) is 29.8 Å². The predicted molar refractivity (Wildman–Crippen MR) is 114 cm³/mol. The Balaban J connectivity index is 0.00000529. The zero-order valence-electron chi connectivity index (χ0n) is 15.6. The molecule has 0 spiro atoms. The van der Waals surface area contributed by atoms with Crippen molar-refractivity contribution in [2.45, 2.75) is 40.3 Å². The fourth-order valence-corrected chi connectivity index (χ4v) is 2.05. The van der Waals surface area contributed by atoms with E-state index in [1.807, 2.05) is 25.1 Å². The molecule has 5 nitrogen and oxygen atoms in total. The Labute approximate surface area is 164 Å². The molecule has 0 saturated heterocycles. The molecule has 2 N–H and O–H groups in total. The van der Waals surface area contributed by atoms with Crippen molar-refractivity contribution < 1.29 is 4.74 Å². The van der Waals surface area contributed by atoms with Gasteiger partial charge < -0.3 is 20.3 Å². The molecule has 0 atom stereocenters. The van der Waals surface area contributed by atoms with Gasteiger partial charge in [0.25, 0.3) is 0 Å². The third kappa shape index (κ3) is 8.73. The summed E-state index contributed by atoms with van der Waals surface area (Å²) in [5.74, 6) is 1.75. The first-order chi connectivity index (χ1) is 11.1. The molecule has 0 aromatic heterocycles. The van der Waals surface area contributed by atoms with Crippen LogP contribution in [0.3, 0.4) is 0 Å². The Morgan fingerprint density at radius 3 is 2.54 bits per heavy atom. The first kappa shape index (κ1) is 23.0. The molecular formula is C18H33IN4O. The molecule has 1 aromatic carbocycles. The topological polar surface area (TPSA) is 48.9 Å². The molecule has 24 heavy (non-hydrogen) atoms. The highest BCUT2D eigenvalue weighted by Crippen LogP contribution is 2.18. The number of rotatable bonds is 9. The van der Waals surface area contributed by atoms with E-state index in [1.165, 1.54) is 0 Å². The van der Waals surface area contributed by atoms with Gasteiger partial charge in [0.1, 0.15) is 5.75 Å². The molecule has 0 unspecified atom stereocenters. The third-order valence-electron chi connectivity index (χ3n) is 3.66. The van der Waals surface area contributed by atoms with Gasteiger partial charge in [-0.15, -0.1) is 24.0 Å². The molecule has 0 aliphatic rings. The highest BCUT2D eigenvalue weighted by molar-refractivity contribution is 14.0. The van der Waals surface area contributed by atoms with Gasteiger partial charge >= 0.3 is 0 Å². The fourth-order valence-electron chi connectivity index (χ4n) is 2.05. The summed E-state index contributed by atoms with van der Waals surface area (Å²) < 4.78 is 5.65.